The van der Waals surface area contributed by atoms with Crippen LogP contribution in [0.4, 0.5) is 0 Å². The van der Waals surface area contributed by atoms with E-state index in [1.165, 1.54) is 0 Å². The van der Waals surface area contributed by atoms with Crippen LogP contribution < -0.4 is 0 Å². The maximum Gasteiger partial charge on any atom is 0.338 e. The number of hydrogen-bond acceptors (Lipinski definition) is 3. The van der Waals surface area contributed by atoms with Crippen LogP contribution in [-0.4, -0.2) is 25.3 Å². The molecule has 0 aliphatic carbocycles. The molecule has 1 aromatic carbocycles. The molecule has 0 bridgehead atoms. The Hall–Kier alpha value is -1.35. The summed E-state index contributed by atoms with van der Waals surface area (Å²) < 4.78 is 10.4. The molecule has 0 heterocycles. The summed E-state index contributed by atoms with van der Waals surface area (Å²) in [6.45, 7) is 4.29. The van der Waals surface area contributed by atoms with E-state index in [4.69, 9.17) is 9.47 Å². The van der Waals surface area contributed by atoms with Crippen LogP contribution in [0.25, 0.3) is 0 Å². The van der Waals surface area contributed by atoms with E-state index in [1.807, 2.05) is 32.0 Å². The average Bonchev–Trinajstić information content (AvgIpc) is 2.30. The van der Waals surface area contributed by atoms with Gasteiger partial charge in [-0.3, -0.25) is 0 Å². The molecule has 0 saturated heterocycles. The van der Waals surface area contributed by atoms with E-state index in [2.05, 4.69) is 0 Å². The zero-order chi connectivity index (χ0) is 12.0. The third kappa shape index (κ3) is 4.03. The van der Waals surface area contributed by atoms with Gasteiger partial charge in [0.1, 0.15) is 0 Å². The summed E-state index contributed by atoms with van der Waals surface area (Å²) in [5.41, 5.74) is 0.328. The van der Waals surface area contributed by atoms with Crippen LogP contribution in [0.2, 0.25) is 0 Å². The average molecular weight is 222 g/mol. The Bertz CT molecular complexity index is 330. The molecule has 0 fully saturated rings. The number of esters is 1. The second-order valence-corrected chi connectivity index (χ2v) is 4.22. The maximum absolute atomic E-state index is 11.6. The Kier molecular flexibility index (Phi) is 4.50. The number of carbonyl (C=O) groups excluding carboxylic acids is 1. The Morgan fingerprint density at radius 3 is 2.44 bits per heavy atom. The smallest absolute Gasteiger partial charge is 0.338 e. The molecule has 0 aliphatic rings. The van der Waals surface area contributed by atoms with Gasteiger partial charge in [0.25, 0.3) is 0 Å². The summed E-state index contributed by atoms with van der Waals surface area (Å²) >= 11 is 0. The minimum absolute atomic E-state index is 0.253. The van der Waals surface area contributed by atoms with Crippen LogP contribution in [0, 0.1) is 0 Å². The SMILES string of the molecule is COC(C)(C)CCOC(=O)c1ccccc1. The molecule has 0 atom stereocenters. The van der Waals surface area contributed by atoms with Gasteiger partial charge in [0.15, 0.2) is 0 Å². The minimum Gasteiger partial charge on any atom is -0.462 e. The zero-order valence-corrected chi connectivity index (χ0v) is 10.0. The first-order valence-corrected chi connectivity index (χ1v) is 5.32. The third-order valence-electron chi connectivity index (χ3n) is 2.50. The van der Waals surface area contributed by atoms with E-state index in [1.54, 1.807) is 19.2 Å². The lowest BCUT2D eigenvalue weighted by molar-refractivity contribution is -0.00563. The van der Waals surface area contributed by atoms with E-state index >= 15 is 0 Å². The molecule has 0 radical (unpaired) electrons. The molecule has 0 saturated carbocycles. The highest BCUT2D eigenvalue weighted by Crippen LogP contribution is 2.13. The summed E-state index contributed by atoms with van der Waals surface area (Å²) in [5.74, 6) is -0.285. The van der Waals surface area contributed by atoms with E-state index in [-0.39, 0.29) is 11.6 Å². The summed E-state index contributed by atoms with van der Waals surface area (Å²) in [6.07, 6.45) is 0.683. The third-order valence-corrected chi connectivity index (χ3v) is 2.50. The molecule has 88 valence electrons. The summed E-state index contributed by atoms with van der Waals surface area (Å²) in [7, 11) is 1.65. The predicted molar refractivity (Wildman–Crippen MR) is 62.4 cm³/mol. The second-order valence-electron chi connectivity index (χ2n) is 4.22. The molecule has 3 nitrogen and oxygen atoms in total. The number of benzene rings is 1. The monoisotopic (exact) mass is 222 g/mol. The van der Waals surface area contributed by atoms with Gasteiger partial charge in [-0.25, -0.2) is 4.79 Å². The van der Waals surface area contributed by atoms with Gasteiger partial charge in [0.05, 0.1) is 17.8 Å². The highest BCUT2D eigenvalue weighted by molar-refractivity contribution is 5.89. The highest BCUT2D eigenvalue weighted by Gasteiger charge is 2.17. The standard InChI is InChI=1S/C13H18O3/c1-13(2,15-3)9-10-16-12(14)11-7-5-4-6-8-11/h4-8H,9-10H2,1-3H3. The Balaban J connectivity index is 2.37. The lowest BCUT2D eigenvalue weighted by Gasteiger charge is -2.22. The van der Waals surface area contributed by atoms with Crippen LogP contribution in [0.5, 0.6) is 0 Å². The molecule has 0 aromatic heterocycles. The predicted octanol–water partition coefficient (Wildman–Crippen LogP) is 2.66. The van der Waals surface area contributed by atoms with Crippen molar-refractivity contribution in [3.05, 3.63) is 35.9 Å². The van der Waals surface area contributed by atoms with Gasteiger partial charge < -0.3 is 9.47 Å². The van der Waals surface area contributed by atoms with Gasteiger partial charge in [-0.1, -0.05) is 18.2 Å². The van der Waals surface area contributed by atoms with Crippen molar-refractivity contribution in [1.82, 2.24) is 0 Å². The van der Waals surface area contributed by atoms with Crippen molar-refractivity contribution in [3.63, 3.8) is 0 Å². The number of methoxy groups -OCH3 is 1. The molecule has 0 spiro atoms. The summed E-state index contributed by atoms with van der Waals surface area (Å²) in [5, 5.41) is 0. The van der Waals surface area contributed by atoms with Crippen LogP contribution in [-0.2, 0) is 9.47 Å². The molecule has 0 N–H and O–H groups in total. The molecule has 0 unspecified atom stereocenters. The number of hydrogen-bond donors (Lipinski definition) is 0. The second kappa shape index (κ2) is 5.66. The fraction of sp³-hybridized carbons (Fsp3) is 0.462. The largest absolute Gasteiger partial charge is 0.462 e. The first-order chi connectivity index (χ1) is 7.55. The zero-order valence-electron chi connectivity index (χ0n) is 10.0. The molecular weight excluding hydrogens is 204 g/mol. The topological polar surface area (TPSA) is 35.5 Å². The van der Waals surface area contributed by atoms with Gasteiger partial charge in [-0.05, 0) is 26.0 Å². The molecular formula is C13H18O3. The van der Waals surface area contributed by atoms with Crippen LogP contribution in [0.3, 0.4) is 0 Å². The summed E-state index contributed by atoms with van der Waals surface area (Å²) in [4.78, 5) is 11.6. The van der Waals surface area contributed by atoms with Crippen LogP contribution >= 0.6 is 0 Å². The van der Waals surface area contributed by atoms with Gasteiger partial charge in [-0.2, -0.15) is 0 Å². The first kappa shape index (κ1) is 12.7. The van der Waals surface area contributed by atoms with Crippen molar-refractivity contribution >= 4 is 5.97 Å². The molecule has 1 rings (SSSR count). The van der Waals surface area contributed by atoms with E-state index < -0.39 is 0 Å². The highest BCUT2D eigenvalue weighted by atomic mass is 16.5. The minimum atomic E-state index is -0.285. The van der Waals surface area contributed by atoms with E-state index in [9.17, 15) is 4.79 Å². The normalized spacial score (nSPS) is 11.2. The van der Waals surface area contributed by atoms with Crippen molar-refractivity contribution in [2.24, 2.45) is 0 Å². The molecule has 16 heavy (non-hydrogen) atoms. The van der Waals surface area contributed by atoms with E-state index in [0.29, 0.717) is 18.6 Å². The fourth-order valence-corrected chi connectivity index (χ4v) is 1.15. The van der Waals surface area contributed by atoms with Crippen molar-refractivity contribution < 1.29 is 14.3 Å². The van der Waals surface area contributed by atoms with Gasteiger partial charge in [0, 0.05) is 13.5 Å². The Morgan fingerprint density at radius 1 is 1.25 bits per heavy atom. The van der Waals surface area contributed by atoms with Crippen molar-refractivity contribution in [1.29, 1.82) is 0 Å². The van der Waals surface area contributed by atoms with Crippen molar-refractivity contribution in [2.75, 3.05) is 13.7 Å². The Labute approximate surface area is 96.4 Å². The lowest BCUT2D eigenvalue weighted by Crippen LogP contribution is -2.25. The van der Waals surface area contributed by atoms with Crippen molar-refractivity contribution in [2.45, 2.75) is 25.9 Å². The molecule has 0 amide bonds. The lowest BCUT2D eigenvalue weighted by atomic mass is 10.1. The number of carbonyl (C=O) groups is 1. The summed E-state index contributed by atoms with van der Waals surface area (Å²) in [6, 6.07) is 8.98. The van der Waals surface area contributed by atoms with Crippen molar-refractivity contribution in [3.8, 4) is 0 Å². The molecule has 0 aliphatic heterocycles. The molecule has 1 aromatic rings. The van der Waals surface area contributed by atoms with Crippen LogP contribution in [0.15, 0.2) is 30.3 Å². The number of ether oxygens (including phenoxy) is 2. The van der Waals surface area contributed by atoms with Gasteiger partial charge >= 0.3 is 5.97 Å². The fourth-order valence-electron chi connectivity index (χ4n) is 1.15. The first-order valence-electron chi connectivity index (χ1n) is 5.32. The maximum atomic E-state index is 11.6. The molecule has 3 heteroatoms. The van der Waals surface area contributed by atoms with Gasteiger partial charge in [-0.15, -0.1) is 0 Å². The van der Waals surface area contributed by atoms with Gasteiger partial charge in [0.2, 0.25) is 0 Å². The van der Waals surface area contributed by atoms with Crippen LogP contribution in [0.1, 0.15) is 30.6 Å². The number of rotatable bonds is 5. The quantitative estimate of drug-likeness (QED) is 0.718. The Morgan fingerprint density at radius 2 is 1.88 bits per heavy atom. The van der Waals surface area contributed by atoms with E-state index in [0.717, 1.165) is 0 Å².